The minimum absolute atomic E-state index is 0. The molecule has 0 unspecified atom stereocenters. The number of ether oxygens (including phenoxy) is 1. The zero-order chi connectivity index (χ0) is 11.4. The number of rotatable bonds is 4. The number of nitrogens with two attached hydrogens (primary N) is 1. The van der Waals surface area contributed by atoms with Crippen molar-refractivity contribution in [3.8, 4) is 17.0 Å². The Hall–Kier alpha value is -1.59. The van der Waals surface area contributed by atoms with Gasteiger partial charge in [-0.15, -0.1) is 17.5 Å². The molecule has 2 rings (SSSR count). The number of hydrogen-bond acceptors (Lipinski definition) is 4. The van der Waals surface area contributed by atoms with Gasteiger partial charge in [0, 0.05) is 12.1 Å². The van der Waals surface area contributed by atoms with Gasteiger partial charge < -0.3 is 10.5 Å². The summed E-state index contributed by atoms with van der Waals surface area (Å²) in [6.45, 7) is 1.22. The zero-order valence-corrected chi connectivity index (χ0v) is 10.4. The lowest BCUT2D eigenvalue weighted by Gasteiger charge is -2.04. The molecule has 1 aromatic carbocycles. The van der Waals surface area contributed by atoms with Crippen LogP contribution in [0.4, 0.5) is 0 Å². The van der Waals surface area contributed by atoms with Crippen LogP contribution in [0, 0.1) is 0 Å². The van der Waals surface area contributed by atoms with E-state index in [-0.39, 0.29) is 12.4 Å². The number of methoxy groups -OCH3 is 1. The first-order valence-corrected chi connectivity index (χ1v) is 5.08. The molecule has 1 aromatic heterocycles. The van der Waals surface area contributed by atoms with Crippen LogP contribution in [0.2, 0.25) is 0 Å². The van der Waals surface area contributed by atoms with Crippen LogP contribution in [0.3, 0.4) is 0 Å². The number of benzene rings is 1. The predicted octanol–water partition coefficient (Wildman–Crippen LogP) is 1.33. The molecular formula is C11H15ClN4O. The van der Waals surface area contributed by atoms with Gasteiger partial charge in [-0.25, -0.2) is 0 Å². The third kappa shape index (κ3) is 2.95. The third-order valence-corrected chi connectivity index (χ3v) is 2.28. The summed E-state index contributed by atoms with van der Waals surface area (Å²) in [5, 5.41) is 8.08. The molecule has 2 aromatic rings. The molecule has 0 atom stereocenters. The van der Waals surface area contributed by atoms with Gasteiger partial charge in [0.1, 0.15) is 11.4 Å². The van der Waals surface area contributed by atoms with E-state index < -0.39 is 0 Å². The normalized spacial score (nSPS) is 9.76. The topological polar surface area (TPSA) is 66.0 Å². The van der Waals surface area contributed by atoms with Crippen molar-refractivity contribution >= 4 is 12.4 Å². The molecule has 1 heterocycles. The SMILES string of the molecule is COc1ccccc1-c1cn(CCN)nn1.Cl. The van der Waals surface area contributed by atoms with Gasteiger partial charge >= 0.3 is 0 Å². The van der Waals surface area contributed by atoms with E-state index in [0.29, 0.717) is 13.1 Å². The summed E-state index contributed by atoms with van der Waals surface area (Å²) in [6.07, 6.45) is 1.87. The Morgan fingerprint density at radius 1 is 1.35 bits per heavy atom. The Kier molecular flexibility index (Phi) is 4.93. The maximum Gasteiger partial charge on any atom is 0.128 e. The van der Waals surface area contributed by atoms with Gasteiger partial charge in [0.2, 0.25) is 0 Å². The largest absolute Gasteiger partial charge is 0.496 e. The molecule has 0 fully saturated rings. The van der Waals surface area contributed by atoms with Crippen molar-refractivity contribution in [1.82, 2.24) is 15.0 Å². The molecule has 0 bridgehead atoms. The average molecular weight is 255 g/mol. The summed E-state index contributed by atoms with van der Waals surface area (Å²) in [7, 11) is 1.64. The average Bonchev–Trinajstić information content (AvgIpc) is 2.78. The maximum atomic E-state index is 5.45. The van der Waals surface area contributed by atoms with Crippen molar-refractivity contribution in [2.24, 2.45) is 5.73 Å². The lowest BCUT2D eigenvalue weighted by Crippen LogP contribution is -2.10. The molecule has 17 heavy (non-hydrogen) atoms. The second-order valence-corrected chi connectivity index (χ2v) is 3.36. The molecule has 0 saturated carbocycles. The van der Waals surface area contributed by atoms with Crippen LogP contribution >= 0.6 is 12.4 Å². The molecule has 0 spiro atoms. The monoisotopic (exact) mass is 254 g/mol. The first-order chi connectivity index (χ1) is 7.85. The zero-order valence-electron chi connectivity index (χ0n) is 9.54. The summed E-state index contributed by atoms with van der Waals surface area (Å²) in [5.74, 6) is 0.794. The smallest absolute Gasteiger partial charge is 0.128 e. The van der Waals surface area contributed by atoms with Crippen LogP contribution in [0.5, 0.6) is 5.75 Å². The number of hydrogen-bond donors (Lipinski definition) is 1. The van der Waals surface area contributed by atoms with Crippen LogP contribution in [0.1, 0.15) is 0 Å². The second-order valence-electron chi connectivity index (χ2n) is 3.36. The first kappa shape index (κ1) is 13.5. The summed E-state index contributed by atoms with van der Waals surface area (Å²) in [4.78, 5) is 0. The van der Waals surface area contributed by atoms with E-state index in [1.165, 1.54) is 0 Å². The van der Waals surface area contributed by atoms with Crippen molar-refractivity contribution < 1.29 is 4.74 Å². The van der Waals surface area contributed by atoms with Gasteiger partial charge in [-0.05, 0) is 12.1 Å². The highest BCUT2D eigenvalue weighted by atomic mass is 35.5. The minimum Gasteiger partial charge on any atom is -0.496 e. The number of aromatic nitrogens is 3. The highest BCUT2D eigenvalue weighted by Crippen LogP contribution is 2.27. The number of halogens is 1. The lowest BCUT2D eigenvalue weighted by atomic mass is 10.1. The Balaban J connectivity index is 0.00000144. The van der Waals surface area contributed by atoms with Gasteiger partial charge in [-0.3, -0.25) is 4.68 Å². The van der Waals surface area contributed by atoms with Crippen LogP contribution in [0.15, 0.2) is 30.5 Å². The Labute approximate surface area is 106 Å². The molecule has 0 saturated heterocycles. The molecule has 92 valence electrons. The Morgan fingerprint density at radius 3 is 2.82 bits per heavy atom. The Bertz CT molecular complexity index is 472. The van der Waals surface area contributed by atoms with Crippen molar-refractivity contribution in [3.63, 3.8) is 0 Å². The molecule has 2 N–H and O–H groups in total. The lowest BCUT2D eigenvalue weighted by molar-refractivity contribution is 0.416. The van der Waals surface area contributed by atoms with Gasteiger partial charge in [0.25, 0.3) is 0 Å². The van der Waals surface area contributed by atoms with Gasteiger partial charge in [-0.1, -0.05) is 17.3 Å². The van der Waals surface area contributed by atoms with Crippen LogP contribution in [-0.4, -0.2) is 28.6 Å². The summed E-state index contributed by atoms with van der Waals surface area (Å²) in [5.41, 5.74) is 7.19. The third-order valence-electron chi connectivity index (χ3n) is 2.28. The molecule has 6 heteroatoms. The van der Waals surface area contributed by atoms with E-state index in [0.717, 1.165) is 17.0 Å². The van der Waals surface area contributed by atoms with Crippen molar-refractivity contribution in [2.45, 2.75) is 6.54 Å². The van der Waals surface area contributed by atoms with Gasteiger partial charge in [-0.2, -0.15) is 0 Å². The van der Waals surface area contributed by atoms with Crippen LogP contribution in [0.25, 0.3) is 11.3 Å². The fourth-order valence-electron chi connectivity index (χ4n) is 1.52. The first-order valence-electron chi connectivity index (χ1n) is 5.08. The molecular weight excluding hydrogens is 240 g/mol. The second kappa shape index (κ2) is 6.22. The van der Waals surface area contributed by atoms with E-state index in [2.05, 4.69) is 10.3 Å². The van der Waals surface area contributed by atoms with Gasteiger partial charge in [0.05, 0.1) is 19.9 Å². The quantitative estimate of drug-likeness (QED) is 0.894. The van der Waals surface area contributed by atoms with E-state index in [9.17, 15) is 0 Å². The van der Waals surface area contributed by atoms with Crippen molar-refractivity contribution in [2.75, 3.05) is 13.7 Å². The summed E-state index contributed by atoms with van der Waals surface area (Å²) < 4.78 is 6.99. The standard InChI is InChI=1S/C11H14N4O.ClH/c1-16-11-5-3-2-4-9(11)10-8-15(7-6-12)14-13-10;/h2-5,8H,6-7,12H2,1H3;1H. The van der Waals surface area contributed by atoms with Crippen LogP contribution < -0.4 is 10.5 Å². The van der Waals surface area contributed by atoms with E-state index in [1.807, 2.05) is 30.5 Å². The minimum atomic E-state index is 0. The van der Waals surface area contributed by atoms with Crippen LogP contribution in [-0.2, 0) is 6.54 Å². The fraction of sp³-hybridized carbons (Fsp3) is 0.273. The highest BCUT2D eigenvalue weighted by molar-refractivity contribution is 5.85. The van der Waals surface area contributed by atoms with E-state index in [1.54, 1.807) is 11.8 Å². The highest BCUT2D eigenvalue weighted by Gasteiger charge is 2.08. The molecule has 0 amide bonds. The molecule has 0 radical (unpaired) electrons. The van der Waals surface area contributed by atoms with Gasteiger partial charge in [0.15, 0.2) is 0 Å². The van der Waals surface area contributed by atoms with Crippen molar-refractivity contribution in [1.29, 1.82) is 0 Å². The molecule has 0 aliphatic rings. The molecule has 5 nitrogen and oxygen atoms in total. The van der Waals surface area contributed by atoms with E-state index in [4.69, 9.17) is 10.5 Å². The summed E-state index contributed by atoms with van der Waals surface area (Å²) >= 11 is 0. The molecule has 0 aliphatic heterocycles. The predicted molar refractivity (Wildman–Crippen MR) is 68.3 cm³/mol. The Morgan fingerprint density at radius 2 is 2.12 bits per heavy atom. The fourth-order valence-corrected chi connectivity index (χ4v) is 1.52. The summed E-state index contributed by atoms with van der Waals surface area (Å²) in [6, 6.07) is 7.72. The molecule has 0 aliphatic carbocycles. The number of nitrogens with zero attached hydrogens (tertiary/aromatic N) is 3. The number of para-hydroxylation sites is 1. The van der Waals surface area contributed by atoms with E-state index >= 15 is 0 Å². The maximum absolute atomic E-state index is 5.45. The van der Waals surface area contributed by atoms with Crippen molar-refractivity contribution in [3.05, 3.63) is 30.5 Å².